The second-order valence-corrected chi connectivity index (χ2v) is 10.3. The molecule has 0 unspecified atom stereocenters. The van der Waals surface area contributed by atoms with Gasteiger partial charge in [0.25, 0.3) is 11.7 Å². The van der Waals surface area contributed by atoms with E-state index in [4.69, 9.17) is 4.74 Å². The zero-order valence-electron chi connectivity index (χ0n) is 19.0. The van der Waals surface area contributed by atoms with Crippen molar-refractivity contribution in [1.82, 2.24) is 9.21 Å². The van der Waals surface area contributed by atoms with Gasteiger partial charge in [-0.1, -0.05) is 36.8 Å². The lowest BCUT2D eigenvalue weighted by Crippen LogP contribution is -2.35. The van der Waals surface area contributed by atoms with Gasteiger partial charge in [-0.05, 0) is 42.7 Å². The standard InChI is InChI=1S/C25H28N2O6S/c1-33-17-16-27-22(18-8-4-2-5-9-18)21(24(29)25(27)30)23(28)19-10-12-20(13-11-19)34(31,32)26-14-6-3-7-15-26/h2,4-5,8-13,22,28H,3,6-7,14-17H2,1H3/b23-21+/t22-/m0/s1. The fourth-order valence-electron chi connectivity index (χ4n) is 4.48. The fourth-order valence-corrected chi connectivity index (χ4v) is 5.99. The number of Topliss-reactive ketones (excluding diaryl/α,β-unsaturated/α-hetero) is 1. The minimum atomic E-state index is -3.62. The molecule has 2 aromatic rings. The van der Waals surface area contributed by atoms with Crippen molar-refractivity contribution in [2.45, 2.75) is 30.2 Å². The Morgan fingerprint density at radius 3 is 2.26 bits per heavy atom. The number of hydrogen-bond donors (Lipinski definition) is 1. The molecule has 2 aliphatic heterocycles. The van der Waals surface area contributed by atoms with Crippen LogP contribution in [0.15, 0.2) is 65.1 Å². The van der Waals surface area contributed by atoms with E-state index < -0.39 is 27.8 Å². The molecule has 2 fully saturated rings. The molecule has 2 heterocycles. The first-order valence-corrected chi connectivity index (χ1v) is 12.7. The van der Waals surface area contributed by atoms with Gasteiger partial charge in [0.05, 0.1) is 23.1 Å². The summed E-state index contributed by atoms with van der Waals surface area (Å²) < 4.78 is 32.4. The first-order chi connectivity index (χ1) is 16.4. The summed E-state index contributed by atoms with van der Waals surface area (Å²) in [6.07, 6.45) is 2.69. The molecule has 8 nitrogen and oxygen atoms in total. The Morgan fingerprint density at radius 1 is 1.00 bits per heavy atom. The van der Waals surface area contributed by atoms with E-state index >= 15 is 0 Å². The van der Waals surface area contributed by atoms with Crippen LogP contribution in [-0.4, -0.2) is 67.8 Å². The molecule has 4 rings (SSSR count). The zero-order chi connectivity index (χ0) is 24.3. The molecule has 0 spiro atoms. The van der Waals surface area contributed by atoms with Crippen molar-refractivity contribution in [3.8, 4) is 0 Å². The lowest BCUT2D eigenvalue weighted by atomic mass is 9.95. The van der Waals surface area contributed by atoms with Crippen molar-refractivity contribution >= 4 is 27.5 Å². The number of aliphatic hydroxyl groups excluding tert-OH is 1. The molecular formula is C25H28N2O6S. The largest absolute Gasteiger partial charge is 0.507 e. The number of ketones is 1. The monoisotopic (exact) mass is 484 g/mol. The number of piperidine rings is 1. The van der Waals surface area contributed by atoms with E-state index in [2.05, 4.69) is 0 Å². The van der Waals surface area contributed by atoms with Crippen LogP contribution in [0.1, 0.15) is 36.4 Å². The molecule has 1 amide bonds. The van der Waals surface area contributed by atoms with Crippen LogP contribution in [0.25, 0.3) is 5.76 Å². The van der Waals surface area contributed by atoms with Crippen molar-refractivity contribution in [1.29, 1.82) is 0 Å². The highest BCUT2D eigenvalue weighted by Crippen LogP contribution is 2.39. The number of methoxy groups -OCH3 is 1. The van der Waals surface area contributed by atoms with E-state index in [1.54, 1.807) is 24.3 Å². The van der Waals surface area contributed by atoms with Gasteiger partial charge in [-0.25, -0.2) is 8.42 Å². The van der Waals surface area contributed by atoms with Gasteiger partial charge >= 0.3 is 0 Å². The first-order valence-electron chi connectivity index (χ1n) is 11.3. The molecule has 2 aliphatic rings. The van der Waals surface area contributed by atoms with Crippen LogP contribution in [0.4, 0.5) is 0 Å². The first kappa shape index (κ1) is 24.1. The van der Waals surface area contributed by atoms with E-state index in [1.165, 1.54) is 40.6 Å². The smallest absolute Gasteiger partial charge is 0.295 e. The topological polar surface area (TPSA) is 104 Å². The molecule has 0 radical (unpaired) electrons. The van der Waals surface area contributed by atoms with Crippen LogP contribution in [-0.2, 0) is 24.3 Å². The summed E-state index contributed by atoms with van der Waals surface area (Å²) >= 11 is 0. The highest BCUT2D eigenvalue weighted by atomic mass is 32.2. The average Bonchev–Trinajstić information content (AvgIpc) is 3.13. The number of hydrogen-bond acceptors (Lipinski definition) is 6. The number of amides is 1. The Bertz CT molecular complexity index is 1190. The molecule has 1 N–H and O–H groups in total. The third kappa shape index (κ3) is 4.51. The number of carbonyl (C=O) groups excluding carboxylic acids is 2. The SMILES string of the molecule is COCCN1C(=O)C(=O)/C(=C(/O)c2ccc(S(=O)(=O)N3CCCCC3)cc2)[C@@H]1c1ccccc1. The third-order valence-electron chi connectivity index (χ3n) is 6.27. The van der Waals surface area contributed by atoms with Crippen molar-refractivity contribution in [2.75, 3.05) is 33.4 Å². The number of benzene rings is 2. The Kier molecular flexibility index (Phi) is 7.16. The number of nitrogens with zero attached hydrogens (tertiary/aromatic N) is 2. The summed E-state index contributed by atoms with van der Waals surface area (Å²) in [6.45, 7) is 1.40. The molecule has 2 saturated heterocycles. The summed E-state index contributed by atoms with van der Waals surface area (Å²) in [5.74, 6) is -1.83. The summed E-state index contributed by atoms with van der Waals surface area (Å²) in [7, 11) is -2.12. The Balaban J connectivity index is 1.72. The van der Waals surface area contributed by atoms with Gasteiger partial charge in [0.1, 0.15) is 5.76 Å². The fraction of sp³-hybridized carbons (Fsp3) is 0.360. The highest BCUT2D eigenvalue weighted by molar-refractivity contribution is 7.89. The predicted octanol–water partition coefficient (Wildman–Crippen LogP) is 2.93. The van der Waals surface area contributed by atoms with Gasteiger partial charge in [0.15, 0.2) is 0 Å². The van der Waals surface area contributed by atoms with Gasteiger partial charge in [-0.2, -0.15) is 4.31 Å². The Morgan fingerprint density at radius 2 is 1.65 bits per heavy atom. The van der Waals surface area contributed by atoms with Gasteiger partial charge < -0.3 is 14.7 Å². The number of aliphatic hydroxyl groups is 1. The lowest BCUT2D eigenvalue weighted by molar-refractivity contribution is -0.140. The van der Waals surface area contributed by atoms with Gasteiger partial charge in [0, 0.05) is 32.3 Å². The minimum absolute atomic E-state index is 0.0288. The number of ether oxygens (including phenoxy) is 1. The summed E-state index contributed by atoms with van der Waals surface area (Å²) in [5, 5.41) is 11.1. The van der Waals surface area contributed by atoms with E-state index in [0.29, 0.717) is 18.7 Å². The Hall–Kier alpha value is -3.01. The molecule has 2 aromatic carbocycles. The maximum absolute atomic E-state index is 13.0. The van der Waals surface area contributed by atoms with Gasteiger partial charge in [-0.15, -0.1) is 0 Å². The summed E-state index contributed by atoms with van der Waals surface area (Å²) in [6, 6.07) is 14.0. The van der Waals surface area contributed by atoms with Crippen LogP contribution in [0.3, 0.4) is 0 Å². The molecular weight excluding hydrogens is 456 g/mol. The molecule has 0 aromatic heterocycles. The second kappa shape index (κ2) is 10.1. The van der Waals surface area contributed by atoms with Crippen LogP contribution in [0.5, 0.6) is 0 Å². The molecule has 1 atom stereocenters. The minimum Gasteiger partial charge on any atom is -0.507 e. The van der Waals surface area contributed by atoms with E-state index in [-0.39, 0.29) is 34.9 Å². The number of sulfonamides is 1. The summed E-state index contributed by atoms with van der Waals surface area (Å²) in [4.78, 5) is 27.3. The molecule has 34 heavy (non-hydrogen) atoms. The molecule has 9 heteroatoms. The molecule has 0 bridgehead atoms. The molecule has 0 saturated carbocycles. The lowest BCUT2D eigenvalue weighted by Gasteiger charge is -2.26. The third-order valence-corrected chi connectivity index (χ3v) is 8.19. The van der Waals surface area contributed by atoms with Crippen molar-refractivity contribution in [2.24, 2.45) is 0 Å². The van der Waals surface area contributed by atoms with Gasteiger partial charge in [0.2, 0.25) is 10.0 Å². The quantitative estimate of drug-likeness (QED) is 0.368. The van der Waals surface area contributed by atoms with Crippen molar-refractivity contribution in [3.63, 3.8) is 0 Å². The molecule has 0 aliphatic carbocycles. The number of carbonyl (C=O) groups is 2. The Labute approximate surface area is 199 Å². The van der Waals surface area contributed by atoms with Crippen LogP contribution in [0.2, 0.25) is 0 Å². The van der Waals surface area contributed by atoms with Crippen LogP contribution in [0, 0.1) is 0 Å². The maximum atomic E-state index is 13.0. The van der Waals surface area contributed by atoms with Crippen LogP contribution < -0.4 is 0 Å². The second-order valence-electron chi connectivity index (χ2n) is 8.39. The zero-order valence-corrected chi connectivity index (χ0v) is 19.8. The maximum Gasteiger partial charge on any atom is 0.295 e. The highest BCUT2D eigenvalue weighted by Gasteiger charge is 2.45. The van der Waals surface area contributed by atoms with Crippen molar-refractivity contribution < 1.29 is 27.9 Å². The van der Waals surface area contributed by atoms with Crippen LogP contribution >= 0.6 is 0 Å². The van der Waals surface area contributed by atoms with Crippen molar-refractivity contribution in [3.05, 3.63) is 71.3 Å². The van der Waals surface area contributed by atoms with Gasteiger partial charge in [-0.3, -0.25) is 9.59 Å². The molecule has 180 valence electrons. The number of rotatable bonds is 7. The normalized spacial score (nSPS) is 21.2. The predicted molar refractivity (Wildman–Crippen MR) is 126 cm³/mol. The average molecular weight is 485 g/mol. The van der Waals surface area contributed by atoms with E-state index in [9.17, 15) is 23.1 Å². The van der Waals surface area contributed by atoms with E-state index in [1.807, 2.05) is 6.07 Å². The summed E-state index contributed by atoms with van der Waals surface area (Å²) in [5.41, 5.74) is 0.922. The van der Waals surface area contributed by atoms with E-state index in [0.717, 1.165) is 19.3 Å². The number of likely N-dealkylation sites (tertiary alicyclic amines) is 1.